The van der Waals surface area contributed by atoms with Gasteiger partial charge in [-0.25, -0.2) is 0 Å². The number of rotatable bonds is 7. The van der Waals surface area contributed by atoms with Crippen LogP contribution in [-0.2, 0) is 11.3 Å². The van der Waals surface area contributed by atoms with Gasteiger partial charge in [-0.2, -0.15) is 0 Å². The van der Waals surface area contributed by atoms with Crippen LogP contribution in [0.2, 0.25) is 0 Å². The fraction of sp³-hybridized carbons (Fsp3) is 0.583. The fourth-order valence-corrected chi connectivity index (χ4v) is 1.25. The second-order valence-corrected chi connectivity index (χ2v) is 4.06. The first-order valence-corrected chi connectivity index (χ1v) is 5.71. The lowest BCUT2D eigenvalue weighted by Gasteiger charge is -2.07. The van der Waals surface area contributed by atoms with Gasteiger partial charge in [-0.05, 0) is 25.1 Å². The Balaban J connectivity index is 1.94. The molecule has 0 unspecified atom stereocenters. The molecule has 0 bridgehead atoms. The summed E-state index contributed by atoms with van der Waals surface area (Å²) in [7, 11) is 0. The zero-order valence-corrected chi connectivity index (χ0v) is 9.95. The van der Waals surface area contributed by atoms with Gasteiger partial charge in [0.15, 0.2) is 0 Å². The van der Waals surface area contributed by atoms with Gasteiger partial charge in [0.2, 0.25) is 5.91 Å². The van der Waals surface area contributed by atoms with Crippen molar-refractivity contribution in [2.24, 2.45) is 5.92 Å². The van der Waals surface area contributed by atoms with Crippen LogP contribution in [0.1, 0.15) is 26.0 Å². The van der Waals surface area contributed by atoms with E-state index < -0.39 is 0 Å². The molecular formula is C12H20N2O2. The van der Waals surface area contributed by atoms with E-state index in [9.17, 15) is 4.79 Å². The molecule has 0 saturated heterocycles. The van der Waals surface area contributed by atoms with Crippen LogP contribution >= 0.6 is 0 Å². The maximum absolute atomic E-state index is 11.2. The Morgan fingerprint density at radius 1 is 1.44 bits per heavy atom. The number of carbonyl (C=O) groups excluding carboxylic acids is 1. The lowest BCUT2D eigenvalue weighted by atomic mass is 10.2. The number of carbonyl (C=O) groups is 1. The molecular weight excluding hydrogens is 204 g/mol. The lowest BCUT2D eigenvalue weighted by molar-refractivity contribution is -0.123. The van der Waals surface area contributed by atoms with Crippen LogP contribution < -0.4 is 10.6 Å². The molecule has 0 aliphatic rings. The zero-order chi connectivity index (χ0) is 11.8. The summed E-state index contributed by atoms with van der Waals surface area (Å²) in [6, 6.07) is 3.81. The molecule has 0 aliphatic carbocycles. The molecule has 0 aliphatic heterocycles. The van der Waals surface area contributed by atoms with E-state index in [1.54, 1.807) is 6.26 Å². The van der Waals surface area contributed by atoms with Gasteiger partial charge in [0.25, 0.3) is 0 Å². The Morgan fingerprint density at radius 2 is 2.25 bits per heavy atom. The van der Waals surface area contributed by atoms with Gasteiger partial charge in [-0.1, -0.05) is 13.8 Å². The molecule has 4 nitrogen and oxygen atoms in total. The standard InChI is InChI=1S/C12H20N2O2/c1-10(2)12(15)14-7-4-6-13-9-11-5-3-8-16-11/h3,5,8,10,13H,4,6-7,9H2,1-2H3,(H,14,15). The summed E-state index contributed by atoms with van der Waals surface area (Å²) in [4.78, 5) is 11.2. The van der Waals surface area contributed by atoms with Crippen LogP contribution in [0.25, 0.3) is 0 Å². The van der Waals surface area contributed by atoms with E-state index >= 15 is 0 Å². The van der Waals surface area contributed by atoms with Crippen molar-refractivity contribution in [3.05, 3.63) is 24.2 Å². The summed E-state index contributed by atoms with van der Waals surface area (Å²) in [5.41, 5.74) is 0. The van der Waals surface area contributed by atoms with Gasteiger partial charge >= 0.3 is 0 Å². The SMILES string of the molecule is CC(C)C(=O)NCCCNCc1ccco1. The highest BCUT2D eigenvalue weighted by Gasteiger charge is 2.04. The van der Waals surface area contributed by atoms with Crippen molar-refractivity contribution in [2.75, 3.05) is 13.1 Å². The highest BCUT2D eigenvalue weighted by Crippen LogP contribution is 1.98. The highest BCUT2D eigenvalue weighted by atomic mass is 16.3. The summed E-state index contributed by atoms with van der Waals surface area (Å²) in [5.74, 6) is 1.12. The molecule has 0 atom stereocenters. The van der Waals surface area contributed by atoms with Crippen LogP contribution in [0.5, 0.6) is 0 Å². The smallest absolute Gasteiger partial charge is 0.222 e. The lowest BCUT2D eigenvalue weighted by Crippen LogP contribution is -2.30. The summed E-state index contributed by atoms with van der Waals surface area (Å²) >= 11 is 0. The van der Waals surface area contributed by atoms with Crippen molar-refractivity contribution in [2.45, 2.75) is 26.8 Å². The summed E-state index contributed by atoms with van der Waals surface area (Å²) in [5, 5.41) is 6.12. The van der Waals surface area contributed by atoms with E-state index in [-0.39, 0.29) is 11.8 Å². The van der Waals surface area contributed by atoms with Gasteiger partial charge in [0.1, 0.15) is 5.76 Å². The fourth-order valence-electron chi connectivity index (χ4n) is 1.25. The van der Waals surface area contributed by atoms with Crippen molar-refractivity contribution in [3.63, 3.8) is 0 Å². The van der Waals surface area contributed by atoms with E-state index in [1.165, 1.54) is 0 Å². The third-order valence-electron chi connectivity index (χ3n) is 2.23. The maximum Gasteiger partial charge on any atom is 0.222 e. The van der Waals surface area contributed by atoms with Gasteiger partial charge in [0.05, 0.1) is 12.8 Å². The molecule has 1 amide bonds. The molecule has 0 saturated carbocycles. The molecule has 1 aromatic heterocycles. The molecule has 0 spiro atoms. The van der Waals surface area contributed by atoms with E-state index in [2.05, 4.69) is 10.6 Å². The number of hydrogen-bond donors (Lipinski definition) is 2. The maximum atomic E-state index is 11.2. The van der Waals surface area contributed by atoms with Crippen molar-refractivity contribution in [3.8, 4) is 0 Å². The first-order valence-electron chi connectivity index (χ1n) is 5.71. The number of furan rings is 1. The molecule has 4 heteroatoms. The number of hydrogen-bond acceptors (Lipinski definition) is 3. The quantitative estimate of drug-likeness (QED) is 0.691. The topological polar surface area (TPSA) is 54.3 Å². The molecule has 16 heavy (non-hydrogen) atoms. The molecule has 0 fully saturated rings. The minimum atomic E-state index is 0.0658. The average Bonchev–Trinajstić information content (AvgIpc) is 2.75. The number of nitrogens with one attached hydrogen (secondary N) is 2. The normalized spacial score (nSPS) is 10.7. The van der Waals surface area contributed by atoms with Crippen LogP contribution in [0.15, 0.2) is 22.8 Å². The zero-order valence-electron chi connectivity index (χ0n) is 9.95. The van der Waals surface area contributed by atoms with Crippen LogP contribution in [0.4, 0.5) is 0 Å². The third kappa shape index (κ3) is 4.98. The van der Waals surface area contributed by atoms with E-state index in [1.807, 2.05) is 26.0 Å². The van der Waals surface area contributed by atoms with E-state index in [4.69, 9.17) is 4.42 Å². The summed E-state index contributed by atoms with van der Waals surface area (Å²) in [6.45, 7) is 6.13. The van der Waals surface area contributed by atoms with Crippen LogP contribution in [0.3, 0.4) is 0 Å². The highest BCUT2D eigenvalue weighted by molar-refractivity contribution is 5.77. The predicted octanol–water partition coefficient (Wildman–Crippen LogP) is 1.53. The monoisotopic (exact) mass is 224 g/mol. The summed E-state index contributed by atoms with van der Waals surface area (Å²) in [6.07, 6.45) is 2.60. The number of amides is 1. The molecule has 1 rings (SSSR count). The van der Waals surface area contributed by atoms with Crippen molar-refractivity contribution < 1.29 is 9.21 Å². The minimum absolute atomic E-state index is 0.0658. The van der Waals surface area contributed by atoms with Crippen molar-refractivity contribution in [1.82, 2.24) is 10.6 Å². The minimum Gasteiger partial charge on any atom is -0.468 e. The predicted molar refractivity (Wildman–Crippen MR) is 62.9 cm³/mol. The van der Waals surface area contributed by atoms with Gasteiger partial charge in [0, 0.05) is 12.5 Å². The van der Waals surface area contributed by atoms with E-state index in [0.717, 1.165) is 31.8 Å². The van der Waals surface area contributed by atoms with Crippen molar-refractivity contribution >= 4 is 5.91 Å². The second kappa shape index (κ2) is 7.06. The van der Waals surface area contributed by atoms with Crippen molar-refractivity contribution in [1.29, 1.82) is 0 Å². The second-order valence-electron chi connectivity index (χ2n) is 4.06. The average molecular weight is 224 g/mol. The Morgan fingerprint density at radius 3 is 2.88 bits per heavy atom. The van der Waals surface area contributed by atoms with Gasteiger partial charge in [-0.3, -0.25) is 4.79 Å². The Hall–Kier alpha value is -1.29. The Kier molecular flexibility index (Phi) is 5.64. The van der Waals surface area contributed by atoms with Gasteiger partial charge < -0.3 is 15.1 Å². The van der Waals surface area contributed by atoms with Crippen LogP contribution in [0, 0.1) is 5.92 Å². The molecule has 90 valence electrons. The molecule has 1 heterocycles. The van der Waals surface area contributed by atoms with Crippen LogP contribution in [-0.4, -0.2) is 19.0 Å². The first-order chi connectivity index (χ1) is 7.70. The third-order valence-corrected chi connectivity index (χ3v) is 2.23. The molecule has 1 aromatic rings. The van der Waals surface area contributed by atoms with Gasteiger partial charge in [-0.15, -0.1) is 0 Å². The molecule has 2 N–H and O–H groups in total. The Labute approximate surface area is 96.4 Å². The van der Waals surface area contributed by atoms with E-state index in [0.29, 0.717) is 0 Å². The Bertz CT molecular complexity index is 294. The largest absolute Gasteiger partial charge is 0.468 e. The summed E-state index contributed by atoms with van der Waals surface area (Å²) < 4.78 is 5.18. The molecule has 0 radical (unpaired) electrons. The first kappa shape index (κ1) is 12.8. The molecule has 0 aromatic carbocycles.